The van der Waals surface area contributed by atoms with E-state index in [1.54, 1.807) is 12.1 Å². The van der Waals surface area contributed by atoms with Crippen LogP contribution in [0.3, 0.4) is 0 Å². The van der Waals surface area contributed by atoms with E-state index in [1.807, 2.05) is 0 Å². The lowest BCUT2D eigenvalue weighted by atomic mass is 10.3. The molecule has 2 aromatic rings. The zero-order chi connectivity index (χ0) is 11.5. The highest BCUT2D eigenvalue weighted by atomic mass is 16.4. The number of aromatic carboxylic acids is 1. The maximum Gasteiger partial charge on any atom is 0.342 e. The molecule has 2 heterocycles. The number of hydrogen-bond acceptors (Lipinski definition) is 4. The van der Waals surface area contributed by atoms with Crippen LogP contribution in [-0.4, -0.2) is 20.6 Å². The number of nitrogens with zero attached hydrogens (tertiary/aromatic N) is 2. The Morgan fingerprint density at radius 2 is 2.38 bits per heavy atom. The molecule has 0 radical (unpaired) electrons. The fraction of sp³-hybridized carbons (Fsp3) is 0.100. The Balaban J connectivity index is 2.33. The number of rotatable bonds is 3. The SMILES string of the molecule is O=C(O)c1cn(Cc2ccco2)cnc1=O. The van der Waals surface area contributed by atoms with E-state index in [4.69, 9.17) is 9.52 Å². The third-order valence-electron chi connectivity index (χ3n) is 2.00. The van der Waals surface area contributed by atoms with E-state index >= 15 is 0 Å². The Hall–Kier alpha value is -2.37. The summed E-state index contributed by atoms with van der Waals surface area (Å²) in [6, 6.07) is 3.47. The van der Waals surface area contributed by atoms with Crippen molar-refractivity contribution in [3.8, 4) is 0 Å². The summed E-state index contributed by atoms with van der Waals surface area (Å²) >= 11 is 0. The molecule has 0 aliphatic carbocycles. The molecule has 0 amide bonds. The number of aromatic nitrogens is 2. The second-order valence-electron chi connectivity index (χ2n) is 3.15. The molecule has 16 heavy (non-hydrogen) atoms. The molecule has 82 valence electrons. The summed E-state index contributed by atoms with van der Waals surface area (Å²) in [7, 11) is 0. The van der Waals surface area contributed by atoms with Crippen LogP contribution in [0.4, 0.5) is 0 Å². The Bertz CT molecular complexity index is 556. The van der Waals surface area contributed by atoms with Gasteiger partial charge in [0.15, 0.2) is 0 Å². The van der Waals surface area contributed by atoms with Crippen LogP contribution in [0, 0.1) is 0 Å². The molecule has 2 aromatic heterocycles. The molecular formula is C10H8N2O4. The van der Waals surface area contributed by atoms with Crippen LogP contribution in [-0.2, 0) is 6.54 Å². The van der Waals surface area contributed by atoms with E-state index in [2.05, 4.69) is 4.98 Å². The van der Waals surface area contributed by atoms with Crippen LogP contribution < -0.4 is 5.56 Å². The van der Waals surface area contributed by atoms with E-state index in [0.29, 0.717) is 12.3 Å². The minimum Gasteiger partial charge on any atom is -0.477 e. The summed E-state index contributed by atoms with van der Waals surface area (Å²) in [6.07, 6.45) is 4.03. The van der Waals surface area contributed by atoms with Crippen molar-refractivity contribution in [3.05, 3.63) is 52.6 Å². The van der Waals surface area contributed by atoms with Gasteiger partial charge in [-0.15, -0.1) is 0 Å². The highest BCUT2D eigenvalue weighted by Crippen LogP contribution is 2.02. The summed E-state index contributed by atoms with van der Waals surface area (Å²) < 4.78 is 6.57. The maximum atomic E-state index is 11.1. The second kappa shape index (κ2) is 4.01. The van der Waals surface area contributed by atoms with Crippen LogP contribution in [0.2, 0.25) is 0 Å². The molecular weight excluding hydrogens is 212 g/mol. The summed E-state index contributed by atoms with van der Waals surface area (Å²) in [5.41, 5.74) is -1.10. The van der Waals surface area contributed by atoms with Gasteiger partial charge in [0.25, 0.3) is 5.56 Å². The van der Waals surface area contributed by atoms with Crippen LogP contribution in [0.1, 0.15) is 16.1 Å². The van der Waals surface area contributed by atoms with Crippen molar-refractivity contribution < 1.29 is 14.3 Å². The van der Waals surface area contributed by atoms with E-state index in [9.17, 15) is 9.59 Å². The van der Waals surface area contributed by atoms with E-state index in [1.165, 1.54) is 23.4 Å². The van der Waals surface area contributed by atoms with Crippen molar-refractivity contribution in [2.75, 3.05) is 0 Å². The van der Waals surface area contributed by atoms with Gasteiger partial charge in [-0.1, -0.05) is 0 Å². The fourth-order valence-corrected chi connectivity index (χ4v) is 1.27. The zero-order valence-corrected chi connectivity index (χ0v) is 8.16. The lowest BCUT2D eigenvalue weighted by Gasteiger charge is -2.03. The van der Waals surface area contributed by atoms with E-state index < -0.39 is 11.5 Å². The average Bonchev–Trinajstić information content (AvgIpc) is 2.73. The van der Waals surface area contributed by atoms with Gasteiger partial charge < -0.3 is 14.1 Å². The van der Waals surface area contributed by atoms with Crippen LogP contribution in [0.5, 0.6) is 0 Å². The molecule has 0 bridgehead atoms. The normalized spacial score (nSPS) is 10.2. The quantitative estimate of drug-likeness (QED) is 0.817. The summed E-state index contributed by atoms with van der Waals surface area (Å²) in [6.45, 7) is 0.334. The van der Waals surface area contributed by atoms with Gasteiger partial charge in [-0.2, -0.15) is 4.98 Å². The second-order valence-corrected chi connectivity index (χ2v) is 3.15. The van der Waals surface area contributed by atoms with Gasteiger partial charge in [-0.05, 0) is 12.1 Å². The zero-order valence-electron chi connectivity index (χ0n) is 8.16. The lowest BCUT2D eigenvalue weighted by Crippen LogP contribution is -2.20. The minimum absolute atomic E-state index is 0.334. The van der Waals surface area contributed by atoms with Gasteiger partial charge in [-0.25, -0.2) is 4.79 Å². The van der Waals surface area contributed by atoms with Gasteiger partial charge >= 0.3 is 5.97 Å². The van der Waals surface area contributed by atoms with Crippen molar-refractivity contribution in [2.45, 2.75) is 6.54 Å². The number of hydrogen-bond donors (Lipinski definition) is 1. The highest BCUT2D eigenvalue weighted by Gasteiger charge is 2.09. The molecule has 1 N–H and O–H groups in total. The molecule has 2 rings (SSSR count). The predicted octanol–water partition coefficient (Wildman–Crippen LogP) is 0.583. The molecule has 0 atom stereocenters. The van der Waals surface area contributed by atoms with Crippen LogP contribution in [0.25, 0.3) is 0 Å². The molecule has 0 aromatic carbocycles. The number of carboxylic acid groups (broad SMARTS) is 1. The summed E-state index contributed by atoms with van der Waals surface area (Å²) in [5.74, 6) is -0.631. The van der Waals surface area contributed by atoms with Gasteiger partial charge in [0.1, 0.15) is 11.3 Å². The van der Waals surface area contributed by atoms with E-state index in [0.717, 1.165) is 0 Å². The molecule has 0 saturated carbocycles. The van der Waals surface area contributed by atoms with Crippen LogP contribution >= 0.6 is 0 Å². The number of furan rings is 1. The third kappa shape index (κ3) is 2.00. The topological polar surface area (TPSA) is 85.3 Å². The third-order valence-corrected chi connectivity index (χ3v) is 2.00. The molecule has 6 nitrogen and oxygen atoms in total. The molecule has 0 unspecified atom stereocenters. The predicted molar refractivity (Wildman–Crippen MR) is 53.3 cm³/mol. The Kier molecular flexibility index (Phi) is 2.55. The van der Waals surface area contributed by atoms with Crippen molar-refractivity contribution in [1.82, 2.24) is 9.55 Å². The van der Waals surface area contributed by atoms with Gasteiger partial charge in [0.2, 0.25) is 0 Å². The smallest absolute Gasteiger partial charge is 0.342 e. The first kappa shape index (κ1) is 10.2. The molecule has 0 fully saturated rings. The Labute approximate surface area is 89.8 Å². The fourth-order valence-electron chi connectivity index (χ4n) is 1.27. The maximum absolute atomic E-state index is 11.1. The monoisotopic (exact) mass is 220 g/mol. The average molecular weight is 220 g/mol. The van der Waals surface area contributed by atoms with Gasteiger partial charge in [0.05, 0.1) is 19.1 Å². The van der Waals surface area contributed by atoms with Crippen molar-refractivity contribution in [3.63, 3.8) is 0 Å². The van der Waals surface area contributed by atoms with Crippen molar-refractivity contribution >= 4 is 5.97 Å². The molecule has 0 aliphatic rings. The molecule has 6 heteroatoms. The number of carbonyl (C=O) groups is 1. The molecule has 0 saturated heterocycles. The highest BCUT2D eigenvalue weighted by molar-refractivity contribution is 5.86. The van der Waals surface area contributed by atoms with Crippen LogP contribution in [0.15, 0.2) is 40.1 Å². The first-order valence-electron chi connectivity index (χ1n) is 4.48. The summed E-state index contributed by atoms with van der Waals surface area (Å²) in [5, 5.41) is 8.74. The Morgan fingerprint density at radius 3 is 3.00 bits per heavy atom. The lowest BCUT2D eigenvalue weighted by molar-refractivity contribution is 0.0693. The Morgan fingerprint density at radius 1 is 1.56 bits per heavy atom. The molecule has 0 aliphatic heterocycles. The van der Waals surface area contributed by atoms with Crippen molar-refractivity contribution in [1.29, 1.82) is 0 Å². The summed E-state index contributed by atoms with van der Waals surface area (Å²) in [4.78, 5) is 25.3. The van der Waals surface area contributed by atoms with E-state index in [-0.39, 0.29) is 5.56 Å². The van der Waals surface area contributed by atoms with Crippen molar-refractivity contribution in [2.24, 2.45) is 0 Å². The first-order chi connectivity index (χ1) is 7.66. The minimum atomic E-state index is -1.29. The largest absolute Gasteiger partial charge is 0.477 e. The number of carboxylic acids is 1. The first-order valence-corrected chi connectivity index (χ1v) is 4.48. The van der Waals surface area contributed by atoms with Gasteiger partial charge in [-0.3, -0.25) is 4.79 Å². The molecule has 0 spiro atoms. The standard InChI is InChI=1S/C10H8N2O4/c13-9-8(10(14)15)5-12(6-11-9)4-7-2-1-3-16-7/h1-3,5-6H,4H2,(H,14,15). The van der Waals surface area contributed by atoms with Gasteiger partial charge in [0, 0.05) is 6.20 Å².